The second-order valence-corrected chi connectivity index (χ2v) is 6.33. The van der Waals surface area contributed by atoms with E-state index in [-0.39, 0.29) is 0 Å². The summed E-state index contributed by atoms with van der Waals surface area (Å²) >= 11 is 1.67. The van der Waals surface area contributed by atoms with E-state index in [9.17, 15) is 0 Å². The Balaban J connectivity index is 1.91. The van der Waals surface area contributed by atoms with E-state index >= 15 is 0 Å². The molecule has 0 atom stereocenters. The van der Waals surface area contributed by atoms with Gasteiger partial charge in [-0.1, -0.05) is 43.3 Å². The first-order valence-electron chi connectivity index (χ1n) is 7.94. The summed E-state index contributed by atoms with van der Waals surface area (Å²) in [6, 6.07) is 16.3. The Morgan fingerprint density at radius 1 is 1.00 bits per heavy atom. The number of pyridine rings is 1. The Bertz CT molecular complexity index is 962. The van der Waals surface area contributed by atoms with E-state index in [0.717, 1.165) is 33.8 Å². The molecule has 0 bridgehead atoms. The van der Waals surface area contributed by atoms with Crippen molar-refractivity contribution in [2.75, 3.05) is 0 Å². The average molecular weight is 330 g/mol. The first kappa shape index (κ1) is 15.0. The second-order valence-electron chi connectivity index (χ2n) is 5.47. The van der Waals surface area contributed by atoms with E-state index < -0.39 is 0 Å². The number of aryl methyl sites for hydroxylation is 1. The molecule has 0 saturated carbocycles. The van der Waals surface area contributed by atoms with Crippen LogP contribution in [0.1, 0.15) is 24.1 Å². The van der Waals surface area contributed by atoms with Crippen LogP contribution in [0.25, 0.3) is 21.3 Å². The van der Waals surface area contributed by atoms with Crippen molar-refractivity contribution in [3.05, 3.63) is 83.7 Å². The molecule has 0 unspecified atom stereocenters. The van der Waals surface area contributed by atoms with Crippen LogP contribution in [0.4, 0.5) is 0 Å². The normalized spacial score (nSPS) is 11.0. The van der Waals surface area contributed by atoms with Gasteiger partial charge in [0.15, 0.2) is 0 Å². The van der Waals surface area contributed by atoms with Gasteiger partial charge in [-0.25, -0.2) is 9.97 Å². The third-order valence-electron chi connectivity index (χ3n) is 3.88. The first-order chi connectivity index (χ1) is 11.8. The quantitative estimate of drug-likeness (QED) is 0.533. The largest absolute Gasteiger partial charge is 0.261 e. The Kier molecular flexibility index (Phi) is 4.05. The molecule has 0 aliphatic rings. The maximum Gasteiger partial charge on any atom is 0.130 e. The average Bonchev–Trinajstić information content (AvgIpc) is 3.07. The topological polar surface area (TPSA) is 38.7 Å². The van der Waals surface area contributed by atoms with E-state index in [1.165, 1.54) is 11.1 Å². The number of fused-ring (bicyclic) bond motifs is 1. The third-order valence-corrected chi connectivity index (χ3v) is 4.75. The number of thiophene rings is 1. The molecule has 3 heterocycles. The summed E-state index contributed by atoms with van der Waals surface area (Å²) < 4.78 is 0. The van der Waals surface area contributed by atoms with Gasteiger partial charge < -0.3 is 0 Å². The smallest absolute Gasteiger partial charge is 0.130 e. The van der Waals surface area contributed by atoms with Gasteiger partial charge in [0.25, 0.3) is 0 Å². The summed E-state index contributed by atoms with van der Waals surface area (Å²) in [6.45, 7) is 2.08. The van der Waals surface area contributed by atoms with E-state index in [1.54, 1.807) is 17.5 Å². The van der Waals surface area contributed by atoms with Gasteiger partial charge >= 0.3 is 0 Å². The molecule has 0 amide bonds. The summed E-state index contributed by atoms with van der Waals surface area (Å²) in [5.41, 5.74) is 4.22. The molecule has 0 N–H and O–H groups in total. The first-order valence-corrected chi connectivity index (χ1v) is 8.82. The summed E-state index contributed by atoms with van der Waals surface area (Å²) in [4.78, 5) is 14.9. The zero-order valence-electron chi connectivity index (χ0n) is 13.3. The molecule has 3 aromatic heterocycles. The lowest BCUT2D eigenvalue weighted by molar-refractivity contribution is 0.947. The molecular weight excluding hydrogens is 314 g/mol. The van der Waals surface area contributed by atoms with Crippen molar-refractivity contribution in [2.45, 2.75) is 13.3 Å². The predicted molar refractivity (Wildman–Crippen MR) is 99.0 cm³/mol. The van der Waals surface area contributed by atoms with Crippen LogP contribution in [0.15, 0.2) is 60.1 Å². The van der Waals surface area contributed by atoms with Gasteiger partial charge in [0, 0.05) is 28.9 Å². The Hall–Kier alpha value is -2.59. The van der Waals surface area contributed by atoms with Gasteiger partial charge in [-0.2, -0.15) is 0 Å². The highest BCUT2D eigenvalue weighted by atomic mass is 32.1. The molecule has 0 fully saturated rings. The number of hydrogen-bond donors (Lipinski definition) is 0. The lowest BCUT2D eigenvalue weighted by Crippen LogP contribution is -2.00. The van der Waals surface area contributed by atoms with Crippen molar-refractivity contribution in [1.29, 1.82) is 0 Å². The molecule has 4 aromatic rings. The van der Waals surface area contributed by atoms with Crippen LogP contribution in [-0.4, -0.2) is 15.0 Å². The second kappa shape index (κ2) is 6.49. The molecule has 1 aromatic carbocycles. The molecule has 1 radical (unpaired) electrons. The predicted octanol–water partition coefficient (Wildman–Crippen LogP) is 4.92. The Morgan fingerprint density at radius 3 is 2.58 bits per heavy atom. The van der Waals surface area contributed by atoms with Gasteiger partial charge in [-0.15, -0.1) is 11.3 Å². The summed E-state index contributed by atoms with van der Waals surface area (Å²) in [6.07, 6.45) is 4.66. The summed E-state index contributed by atoms with van der Waals surface area (Å²) in [5.74, 6) is 0.867. The highest BCUT2D eigenvalue weighted by Crippen LogP contribution is 2.35. The van der Waals surface area contributed by atoms with Crippen molar-refractivity contribution in [3.8, 4) is 11.1 Å². The summed E-state index contributed by atoms with van der Waals surface area (Å²) in [7, 11) is 0. The number of hydrogen-bond acceptors (Lipinski definition) is 4. The van der Waals surface area contributed by atoms with E-state index in [4.69, 9.17) is 9.97 Å². The lowest BCUT2D eigenvalue weighted by atomic mass is 10.0. The van der Waals surface area contributed by atoms with Crippen LogP contribution in [-0.2, 0) is 6.42 Å². The number of aromatic nitrogens is 3. The van der Waals surface area contributed by atoms with E-state index in [1.807, 2.05) is 30.7 Å². The van der Waals surface area contributed by atoms with Gasteiger partial charge in [-0.05, 0) is 17.7 Å². The minimum atomic E-state index is 0.817. The van der Waals surface area contributed by atoms with Crippen LogP contribution in [0.5, 0.6) is 0 Å². The Labute approximate surface area is 145 Å². The van der Waals surface area contributed by atoms with Crippen molar-refractivity contribution < 1.29 is 0 Å². The number of nitrogens with zero attached hydrogens (tertiary/aromatic N) is 3. The highest BCUT2D eigenvalue weighted by Gasteiger charge is 2.15. The maximum absolute atomic E-state index is 4.77. The van der Waals surface area contributed by atoms with Crippen molar-refractivity contribution in [2.24, 2.45) is 0 Å². The zero-order valence-corrected chi connectivity index (χ0v) is 14.1. The van der Waals surface area contributed by atoms with Crippen molar-refractivity contribution in [1.82, 2.24) is 15.0 Å². The third kappa shape index (κ3) is 2.81. The lowest BCUT2D eigenvalue weighted by Gasteiger charge is -2.07. The van der Waals surface area contributed by atoms with E-state index in [0.29, 0.717) is 0 Å². The molecule has 0 spiro atoms. The summed E-state index contributed by atoms with van der Waals surface area (Å²) in [5, 5.41) is 3.28. The molecule has 0 aliphatic carbocycles. The minimum Gasteiger partial charge on any atom is -0.261 e. The monoisotopic (exact) mass is 330 g/mol. The molecule has 0 aliphatic heterocycles. The van der Waals surface area contributed by atoms with Gasteiger partial charge in [0.05, 0.1) is 17.8 Å². The molecule has 4 heteroatoms. The van der Waals surface area contributed by atoms with Crippen LogP contribution >= 0.6 is 11.3 Å². The minimum absolute atomic E-state index is 0.817. The Morgan fingerprint density at radius 2 is 1.83 bits per heavy atom. The molecular formula is C20H16N3S. The molecule has 24 heavy (non-hydrogen) atoms. The molecule has 0 saturated heterocycles. The standard InChI is InChI=1S/C20H16N3S/c1-2-18-22-17(12-15-10-6-7-11-21-15)19-16(13-24-20(19)23-18)14-8-4-3-5-9-14/h3-13H,2H2,1H3. The fraction of sp³-hybridized carbons (Fsp3) is 0.100. The molecule has 4 rings (SSSR count). The van der Waals surface area contributed by atoms with Gasteiger partial charge in [-0.3, -0.25) is 4.98 Å². The SMILES string of the molecule is CCc1nc([CH]c2ccccn2)c2c(-c3ccccc3)csc2n1. The maximum atomic E-state index is 4.77. The van der Waals surface area contributed by atoms with Crippen LogP contribution in [0.3, 0.4) is 0 Å². The van der Waals surface area contributed by atoms with Gasteiger partial charge in [0.2, 0.25) is 0 Å². The zero-order chi connectivity index (χ0) is 16.4. The van der Waals surface area contributed by atoms with Crippen molar-refractivity contribution in [3.63, 3.8) is 0 Å². The van der Waals surface area contributed by atoms with Crippen LogP contribution in [0.2, 0.25) is 0 Å². The number of benzene rings is 1. The molecule has 117 valence electrons. The van der Waals surface area contributed by atoms with Crippen LogP contribution < -0.4 is 0 Å². The fourth-order valence-corrected chi connectivity index (χ4v) is 3.68. The van der Waals surface area contributed by atoms with E-state index in [2.05, 4.69) is 41.6 Å². The molecule has 3 nitrogen and oxygen atoms in total. The highest BCUT2D eigenvalue weighted by molar-refractivity contribution is 7.17. The van der Waals surface area contributed by atoms with Crippen LogP contribution in [0, 0.1) is 6.42 Å². The fourth-order valence-electron chi connectivity index (χ4n) is 2.71. The number of rotatable bonds is 4. The van der Waals surface area contributed by atoms with Gasteiger partial charge in [0.1, 0.15) is 10.7 Å². The van der Waals surface area contributed by atoms with Crippen molar-refractivity contribution >= 4 is 21.6 Å².